The van der Waals surface area contributed by atoms with Crippen molar-refractivity contribution >= 4 is 15.2 Å². The molecule has 2 aromatic rings. The molecule has 0 fully saturated rings. The summed E-state index contributed by atoms with van der Waals surface area (Å²) in [7, 11) is -1.31. The molecular formula is C64H120N4O10P2. The van der Waals surface area contributed by atoms with Crippen molar-refractivity contribution in [2.45, 2.75) is 245 Å². The quantitative estimate of drug-likeness (QED) is 0.0367. The number of hydrogen-bond donors (Lipinski definition) is 4. The summed E-state index contributed by atoms with van der Waals surface area (Å²) < 4.78 is 75.8. The van der Waals surface area contributed by atoms with E-state index >= 15 is 0 Å². The van der Waals surface area contributed by atoms with E-state index < -0.39 is 26.8 Å². The van der Waals surface area contributed by atoms with Crippen LogP contribution in [0.2, 0.25) is 0 Å². The van der Waals surface area contributed by atoms with Gasteiger partial charge in [0.1, 0.15) is 11.6 Å². The summed E-state index contributed by atoms with van der Waals surface area (Å²) in [5.41, 5.74) is 1.57. The van der Waals surface area contributed by atoms with Crippen molar-refractivity contribution in [1.82, 2.24) is 21.3 Å². The zero-order chi connectivity index (χ0) is 58.0. The summed E-state index contributed by atoms with van der Waals surface area (Å²) in [6, 6.07) is 11.7. The standard InChI is InChI=1S/C64H120N4O10P2/c1-9-13-17-21-25-29-35-51-75-59-43-41-57(55-61(59)77-53-37-31-27-23-19-15-11-3)63(79(69,71-5)72-6)67-49-39-47-65-45-33-34-46-66-48-40-50-68-64(80(70,73-7)74-8)58-42-44-60(76-52-36-30-26-22-18-14-10-2)62(56-58)78-54-38-32-28-24-20-16-12-4/h41-44,55-56,63-68H,9-40,45-54H2,1-8H3. The van der Waals surface area contributed by atoms with Crippen molar-refractivity contribution in [3.63, 3.8) is 0 Å². The van der Waals surface area contributed by atoms with Crippen LogP contribution in [0.25, 0.3) is 0 Å². The zero-order valence-corrected chi connectivity index (χ0v) is 54.1. The predicted molar refractivity (Wildman–Crippen MR) is 336 cm³/mol. The first-order valence-electron chi connectivity index (χ1n) is 32.3. The zero-order valence-electron chi connectivity index (χ0n) is 52.3. The molecular weight excluding hydrogens is 1050 g/mol. The van der Waals surface area contributed by atoms with Crippen LogP contribution < -0.4 is 40.2 Å². The van der Waals surface area contributed by atoms with E-state index in [2.05, 4.69) is 49.0 Å². The van der Waals surface area contributed by atoms with Crippen LogP contribution in [0.4, 0.5) is 0 Å². The molecule has 0 aliphatic heterocycles. The van der Waals surface area contributed by atoms with Gasteiger partial charge in [0.2, 0.25) is 0 Å². The van der Waals surface area contributed by atoms with E-state index in [4.69, 9.17) is 37.0 Å². The minimum Gasteiger partial charge on any atom is -0.490 e. The third-order valence-electron chi connectivity index (χ3n) is 14.9. The molecule has 4 N–H and O–H groups in total. The Labute approximate surface area is 489 Å². The number of ether oxygens (including phenoxy) is 4. The molecule has 0 heterocycles. The van der Waals surface area contributed by atoms with Gasteiger partial charge < -0.3 is 47.7 Å². The molecule has 2 atom stereocenters. The summed E-state index contributed by atoms with van der Waals surface area (Å²) in [5.74, 6) is 1.46. The molecule has 466 valence electrons. The van der Waals surface area contributed by atoms with Crippen molar-refractivity contribution < 1.29 is 46.2 Å². The van der Waals surface area contributed by atoms with Crippen LogP contribution in [-0.2, 0) is 27.2 Å². The average Bonchev–Trinajstić information content (AvgIpc) is 3.50. The maximum Gasteiger partial charge on any atom is 0.351 e. The lowest BCUT2D eigenvalue weighted by atomic mass is 10.1. The van der Waals surface area contributed by atoms with Crippen LogP contribution in [0.5, 0.6) is 23.0 Å². The van der Waals surface area contributed by atoms with E-state index in [9.17, 15) is 9.13 Å². The molecule has 14 nitrogen and oxygen atoms in total. The Morgan fingerprint density at radius 3 is 0.875 bits per heavy atom. The maximum atomic E-state index is 14.0. The molecule has 80 heavy (non-hydrogen) atoms. The molecule has 0 aliphatic rings. The van der Waals surface area contributed by atoms with Crippen LogP contribution in [0.15, 0.2) is 36.4 Å². The Morgan fingerprint density at radius 2 is 0.588 bits per heavy atom. The van der Waals surface area contributed by atoms with Crippen molar-refractivity contribution in [3.8, 4) is 23.0 Å². The predicted octanol–water partition coefficient (Wildman–Crippen LogP) is 17.8. The molecule has 2 unspecified atom stereocenters. The molecule has 0 saturated heterocycles. The van der Waals surface area contributed by atoms with Gasteiger partial charge >= 0.3 is 15.2 Å². The van der Waals surface area contributed by atoms with Crippen LogP contribution >= 0.6 is 15.2 Å². The first-order valence-corrected chi connectivity index (χ1v) is 35.5. The van der Waals surface area contributed by atoms with Gasteiger partial charge in [-0.3, -0.25) is 19.8 Å². The number of hydrogen-bond acceptors (Lipinski definition) is 14. The Hall–Kier alpha value is -2.22. The topological polar surface area (TPSA) is 156 Å². The lowest BCUT2D eigenvalue weighted by Crippen LogP contribution is -2.28. The van der Waals surface area contributed by atoms with E-state index in [0.717, 1.165) is 126 Å². The number of nitrogens with one attached hydrogen (secondary N) is 4. The van der Waals surface area contributed by atoms with Crippen LogP contribution in [-0.4, -0.2) is 94.1 Å². The third kappa shape index (κ3) is 33.3. The van der Waals surface area contributed by atoms with Crippen LogP contribution in [0, 0.1) is 0 Å². The fourth-order valence-corrected chi connectivity index (χ4v) is 12.8. The summed E-state index contributed by atoms with van der Waals surface area (Å²) in [6.45, 7) is 16.2. The fourth-order valence-electron chi connectivity index (χ4n) is 9.87. The minimum atomic E-state index is -3.55. The summed E-state index contributed by atoms with van der Waals surface area (Å²) in [6.07, 6.45) is 37.7. The van der Waals surface area contributed by atoms with E-state index in [0.29, 0.717) is 51.0 Å². The molecule has 16 heteroatoms. The monoisotopic (exact) mass is 1170 g/mol. The molecule has 0 bridgehead atoms. The van der Waals surface area contributed by atoms with E-state index in [1.807, 2.05) is 36.4 Å². The van der Waals surface area contributed by atoms with Gasteiger partial charge in [0.25, 0.3) is 0 Å². The first-order chi connectivity index (χ1) is 39.2. The molecule has 2 aromatic carbocycles. The molecule has 0 aromatic heterocycles. The number of benzene rings is 2. The SMILES string of the molecule is CCCCCCCCCOc1ccc(C(NCCCNCCCCNCCCNC(c2ccc(OCCCCCCCCC)c(OCCCCCCCCC)c2)P(=O)(OC)OC)P(=O)(OC)OC)cc1OCCCCCCCCC. The lowest BCUT2D eigenvalue weighted by Gasteiger charge is -2.26. The van der Waals surface area contributed by atoms with Gasteiger partial charge in [-0.1, -0.05) is 194 Å². The second-order valence-electron chi connectivity index (χ2n) is 21.7. The van der Waals surface area contributed by atoms with Crippen molar-refractivity contribution in [2.75, 3.05) is 94.1 Å². The third-order valence-corrected chi connectivity index (χ3v) is 19.2. The van der Waals surface area contributed by atoms with Gasteiger partial charge in [0.15, 0.2) is 23.0 Å². The molecule has 2 rings (SSSR count). The van der Waals surface area contributed by atoms with Crippen LogP contribution in [0.1, 0.15) is 256 Å². The highest BCUT2D eigenvalue weighted by atomic mass is 31.2. The second-order valence-corrected chi connectivity index (χ2v) is 26.4. The Kier molecular flexibility index (Phi) is 46.3. The number of rotatable bonds is 59. The molecule has 0 radical (unpaired) electrons. The first kappa shape index (κ1) is 73.9. The molecule has 0 amide bonds. The fraction of sp³-hybridized carbons (Fsp3) is 0.812. The maximum absolute atomic E-state index is 14.0. The Bertz CT molecular complexity index is 1700. The highest BCUT2D eigenvalue weighted by Gasteiger charge is 2.37. The largest absolute Gasteiger partial charge is 0.490 e. The van der Waals surface area contributed by atoms with E-state index in [1.54, 1.807) is 0 Å². The molecule has 0 aliphatic carbocycles. The smallest absolute Gasteiger partial charge is 0.351 e. The van der Waals surface area contributed by atoms with Gasteiger partial charge in [-0.15, -0.1) is 0 Å². The Balaban J connectivity index is 1.88. The lowest BCUT2D eigenvalue weighted by molar-refractivity contribution is 0.254. The Morgan fingerprint density at radius 1 is 0.325 bits per heavy atom. The summed E-state index contributed by atoms with van der Waals surface area (Å²) >= 11 is 0. The van der Waals surface area contributed by atoms with Gasteiger partial charge in [-0.25, -0.2) is 0 Å². The van der Waals surface area contributed by atoms with Crippen molar-refractivity contribution in [1.29, 1.82) is 0 Å². The van der Waals surface area contributed by atoms with E-state index in [-0.39, 0.29) is 0 Å². The second kappa shape index (κ2) is 50.1. The van der Waals surface area contributed by atoms with Gasteiger partial charge in [-0.2, -0.15) is 0 Å². The number of unbranched alkanes of at least 4 members (excludes halogenated alkanes) is 25. The highest BCUT2D eigenvalue weighted by molar-refractivity contribution is 7.54. The minimum absolute atomic E-state index is 0.605. The summed E-state index contributed by atoms with van der Waals surface area (Å²) in [4.78, 5) is 0. The van der Waals surface area contributed by atoms with Crippen molar-refractivity contribution in [2.24, 2.45) is 0 Å². The van der Waals surface area contributed by atoms with Gasteiger partial charge in [0, 0.05) is 28.4 Å². The highest BCUT2D eigenvalue weighted by Crippen LogP contribution is 2.60. The van der Waals surface area contributed by atoms with Crippen molar-refractivity contribution in [3.05, 3.63) is 47.5 Å². The molecule has 0 spiro atoms. The summed E-state index contributed by atoms with van der Waals surface area (Å²) in [5, 5.41) is 14.2. The average molecular weight is 1170 g/mol. The van der Waals surface area contributed by atoms with Gasteiger partial charge in [-0.05, 0) is 126 Å². The normalized spacial score (nSPS) is 12.8. The molecule has 0 saturated carbocycles. The van der Waals surface area contributed by atoms with Gasteiger partial charge in [0.05, 0.1) is 26.4 Å². The van der Waals surface area contributed by atoms with E-state index in [1.165, 1.54) is 157 Å². The van der Waals surface area contributed by atoms with Crippen LogP contribution in [0.3, 0.4) is 0 Å².